The number of carbonyl (C=O) groups is 1. The number of aromatic nitrogens is 1. The van der Waals surface area contributed by atoms with E-state index >= 15 is 0 Å². The normalized spacial score (nSPS) is 19.3. The fraction of sp³-hybridized carbons (Fsp3) is 0.600. The van der Waals surface area contributed by atoms with Crippen LogP contribution in [0.5, 0.6) is 0 Å². The molecule has 1 aromatic heterocycles. The topological polar surface area (TPSA) is 54.0 Å². The fourth-order valence-corrected chi connectivity index (χ4v) is 2.61. The number of nitrogens with one attached hydrogen (secondary N) is 2. The standard InChI is InChI=1S/C10H15N3OS/c1-3-5-6-8-9(13-15-6)11-7(4-2)12-10(8)14/h7H,3-5H2,1-2H3,(H,11,13)(H,12,14). The maximum absolute atomic E-state index is 11.8. The van der Waals surface area contributed by atoms with Gasteiger partial charge in [0.1, 0.15) is 6.17 Å². The first-order chi connectivity index (χ1) is 7.26. The molecule has 0 fully saturated rings. The van der Waals surface area contributed by atoms with Crippen LogP contribution in [0.25, 0.3) is 0 Å². The summed E-state index contributed by atoms with van der Waals surface area (Å²) in [6.45, 7) is 4.14. The molecule has 1 unspecified atom stereocenters. The van der Waals surface area contributed by atoms with Gasteiger partial charge in [-0.15, -0.1) is 0 Å². The van der Waals surface area contributed by atoms with Crippen LogP contribution >= 0.6 is 11.5 Å². The average molecular weight is 225 g/mol. The van der Waals surface area contributed by atoms with Crippen LogP contribution in [-0.4, -0.2) is 16.4 Å². The molecule has 2 heterocycles. The molecule has 0 saturated carbocycles. The number of hydrogen-bond donors (Lipinski definition) is 2. The third kappa shape index (κ3) is 1.84. The quantitative estimate of drug-likeness (QED) is 0.827. The zero-order chi connectivity index (χ0) is 10.8. The lowest BCUT2D eigenvalue weighted by Crippen LogP contribution is -2.44. The summed E-state index contributed by atoms with van der Waals surface area (Å²) in [5.41, 5.74) is 0.756. The Labute approximate surface area is 93.2 Å². The van der Waals surface area contributed by atoms with E-state index in [1.165, 1.54) is 11.5 Å². The second kappa shape index (κ2) is 4.18. The van der Waals surface area contributed by atoms with E-state index in [0.717, 1.165) is 35.5 Å². The van der Waals surface area contributed by atoms with E-state index in [1.807, 2.05) is 6.92 Å². The van der Waals surface area contributed by atoms with E-state index in [2.05, 4.69) is 21.9 Å². The molecule has 2 N–H and O–H groups in total. The Hall–Kier alpha value is -1.10. The Morgan fingerprint density at radius 3 is 2.87 bits per heavy atom. The van der Waals surface area contributed by atoms with Crippen molar-refractivity contribution in [3.63, 3.8) is 0 Å². The van der Waals surface area contributed by atoms with E-state index < -0.39 is 0 Å². The molecule has 1 aromatic rings. The van der Waals surface area contributed by atoms with Crippen molar-refractivity contribution in [2.24, 2.45) is 0 Å². The van der Waals surface area contributed by atoms with E-state index in [-0.39, 0.29) is 12.1 Å². The monoisotopic (exact) mass is 225 g/mol. The lowest BCUT2D eigenvalue weighted by molar-refractivity contribution is 0.0934. The molecule has 1 aliphatic heterocycles. The summed E-state index contributed by atoms with van der Waals surface area (Å²) in [7, 11) is 0. The number of anilines is 1. The molecule has 0 aromatic carbocycles. The van der Waals surface area contributed by atoms with Crippen molar-refractivity contribution < 1.29 is 4.79 Å². The van der Waals surface area contributed by atoms with Crippen molar-refractivity contribution in [3.8, 4) is 0 Å². The van der Waals surface area contributed by atoms with Gasteiger partial charge in [-0.3, -0.25) is 4.79 Å². The van der Waals surface area contributed by atoms with Gasteiger partial charge in [-0.25, -0.2) is 0 Å². The van der Waals surface area contributed by atoms with Crippen molar-refractivity contribution in [3.05, 3.63) is 10.4 Å². The molecule has 82 valence electrons. The second-order valence-corrected chi connectivity index (χ2v) is 4.52. The number of aryl methyl sites for hydroxylation is 1. The van der Waals surface area contributed by atoms with Gasteiger partial charge in [0, 0.05) is 4.88 Å². The molecule has 1 atom stereocenters. The third-order valence-corrected chi connectivity index (χ3v) is 3.39. The van der Waals surface area contributed by atoms with E-state index in [4.69, 9.17) is 0 Å². The Balaban J connectivity index is 2.30. The highest BCUT2D eigenvalue weighted by molar-refractivity contribution is 7.06. The molecule has 15 heavy (non-hydrogen) atoms. The van der Waals surface area contributed by atoms with E-state index in [0.29, 0.717) is 0 Å². The minimum Gasteiger partial charge on any atom is -0.349 e. The van der Waals surface area contributed by atoms with Crippen LogP contribution in [0.2, 0.25) is 0 Å². The number of hydrogen-bond acceptors (Lipinski definition) is 4. The molecule has 1 aliphatic rings. The van der Waals surface area contributed by atoms with Gasteiger partial charge in [-0.05, 0) is 24.4 Å². The summed E-state index contributed by atoms with van der Waals surface area (Å²) in [5.74, 6) is 0.784. The Kier molecular flexibility index (Phi) is 2.90. The predicted molar refractivity (Wildman–Crippen MR) is 61.3 cm³/mol. The minimum absolute atomic E-state index is 0.0211. The predicted octanol–water partition coefficient (Wildman–Crippen LogP) is 1.99. The molecule has 2 rings (SSSR count). The van der Waals surface area contributed by atoms with Crippen LogP contribution < -0.4 is 10.6 Å². The maximum atomic E-state index is 11.8. The van der Waals surface area contributed by atoms with Gasteiger partial charge < -0.3 is 10.6 Å². The molecule has 0 radical (unpaired) electrons. The Bertz CT molecular complexity index is 375. The summed E-state index contributed by atoms with van der Waals surface area (Å²) in [6.07, 6.45) is 2.87. The zero-order valence-corrected chi connectivity index (χ0v) is 9.78. The fourth-order valence-electron chi connectivity index (χ4n) is 1.69. The van der Waals surface area contributed by atoms with Crippen molar-refractivity contribution in [2.75, 3.05) is 5.32 Å². The molecule has 0 spiro atoms. The number of carbonyl (C=O) groups excluding carboxylic acids is 1. The summed E-state index contributed by atoms with van der Waals surface area (Å²) in [4.78, 5) is 12.9. The number of rotatable bonds is 3. The molecule has 0 saturated heterocycles. The largest absolute Gasteiger partial charge is 0.349 e. The van der Waals surface area contributed by atoms with Crippen LogP contribution in [0.4, 0.5) is 5.82 Å². The van der Waals surface area contributed by atoms with Crippen LogP contribution in [0.3, 0.4) is 0 Å². The summed E-state index contributed by atoms with van der Waals surface area (Å²) >= 11 is 1.43. The first-order valence-electron chi connectivity index (χ1n) is 5.32. The van der Waals surface area contributed by atoms with Gasteiger partial charge in [0.2, 0.25) is 0 Å². The van der Waals surface area contributed by atoms with Gasteiger partial charge in [0.15, 0.2) is 5.82 Å². The number of nitrogens with zero attached hydrogens (tertiary/aromatic N) is 1. The summed E-state index contributed by atoms with van der Waals surface area (Å²) < 4.78 is 4.29. The number of fused-ring (bicyclic) bond motifs is 1. The smallest absolute Gasteiger partial charge is 0.257 e. The summed E-state index contributed by atoms with van der Waals surface area (Å²) in [6, 6.07) is 0. The lowest BCUT2D eigenvalue weighted by Gasteiger charge is -2.24. The minimum atomic E-state index is 0.0211. The highest BCUT2D eigenvalue weighted by Crippen LogP contribution is 2.27. The van der Waals surface area contributed by atoms with Gasteiger partial charge >= 0.3 is 0 Å². The van der Waals surface area contributed by atoms with Crippen LogP contribution in [0, 0.1) is 0 Å². The summed E-state index contributed by atoms with van der Waals surface area (Å²) in [5, 5.41) is 6.15. The highest BCUT2D eigenvalue weighted by Gasteiger charge is 2.27. The van der Waals surface area contributed by atoms with Gasteiger partial charge in [0.05, 0.1) is 5.56 Å². The Morgan fingerprint density at radius 2 is 2.20 bits per heavy atom. The zero-order valence-electron chi connectivity index (χ0n) is 8.96. The van der Waals surface area contributed by atoms with E-state index in [1.54, 1.807) is 0 Å². The van der Waals surface area contributed by atoms with E-state index in [9.17, 15) is 4.79 Å². The molecular formula is C10H15N3OS. The molecule has 0 aliphatic carbocycles. The van der Waals surface area contributed by atoms with Crippen molar-refractivity contribution in [1.29, 1.82) is 0 Å². The number of amides is 1. The molecule has 0 bridgehead atoms. The SMILES string of the molecule is CCCc1snc2c1C(=O)NC(CC)N2. The lowest BCUT2D eigenvalue weighted by atomic mass is 10.1. The first-order valence-corrected chi connectivity index (χ1v) is 6.09. The third-order valence-electron chi connectivity index (χ3n) is 2.49. The highest BCUT2D eigenvalue weighted by atomic mass is 32.1. The molecular weight excluding hydrogens is 210 g/mol. The van der Waals surface area contributed by atoms with Gasteiger partial charge in [-0.1, -0.05) is 20.3 Å². The van der Waals surface area contributed by atoms with Crippen molar-refractivity contribution in [2.45, 2.75) is 39.3 Å². The molecule has 1 amide bonds. The second-order valence-electron chi connectivity index (χ2n) is 3.66. The molecule has 4 nitrogen and oxygen atoms in total. The molecule has 5 heteroatoms. The Morgan fingerprint density at radius 1 is 1.40 bits per heavy atom. The van der Waals surface area contributed by atoms with Gasteiger partial charge in [-0.2, -0.15) is 4.37 Å². The van der Waals surface area contributed by atoms with Crippen molar-refractivity contribution >= 4 is 23.3 Å². The van der Waals surface area contributed by atoms with Crippen molar-refractivity contribution in [1.82, 2.24) is 9.69 Å². The van der Waals surface area contributed by atoms with Crippen LogP contribution in [0.1, 0.15) is 41.9 Å². The van der Waals surface area contributed by atoms with Crippen LogP contribution in [0.15, 0.2) is 0 Å². The first kappa shape index (κ1) is 10.4. The average Bonchev–Trinajstić information content (AvgIpc) is 2.62. The van der Waals surface area contributed by atoms with Gasteiger partial charge in [0.25, 0.3) is 5.91 Å². The van der Waals surface area contributed by atoms with Crippen LogP contribution in [-0.2, 0) is 6.42 Å². The maximum Gasteiger partial charge on any atom is 0.257 e.